The summed E-state index contributed by atoms with van der Waals surface area (Å²) < 4.78 is 19.7. The monoisotopic (exact) mass is 329 g/mol. The number of fused-ring (bicyclic) bond motifs is 1. The predicted octanol–water partition coefficient (Wildman–Crippen LogP) is 4.09. The zero-order valence-electron chi connectivity index (χ0n) is 12.5. The molecule has 4 nitrogen and oxygen atoms in total. The molecule has 3 aromatic rings. The number of thiophene rings is 1. The van der Waals surface area contributed by atoms with E-state index in [1.54, 1.807) is 29.8 Å². The molecule has 2 aromatic heterocycles. The fourth-order valence-electron chi connectivity index (χ4n) is 2.75. The van der Waals surface area contributed by atoms with Crippen molar-refractivity contribution in [3.05, 3.63) is 42.5 Å². The maximum Gasteiger partial charge on any atom is 0.147 e. The molecule has 0 saturated carbocycles. The lowest BCUT2D eigenvalue weighted by atomic mass is 10.2. The Kier molecular flexibility index (Phi) is 3.93. The Bertz CT molecular complexity index is 812. The molecule has 118 valence electrons. The molecule has 1 aliphatic heterocycles. The van der Waals surface area contributed by atoms with Crippen molar-refractivity contribution in [1.82, 2.24) is 9.97 Å². The van der Waals surface area contributed by atoms with Gasteiger partial charge in [-0.25, -0.2) is 14.4 Å². The average molecular weight is 329 g/mol. The van der Waals surface area contributed by atoms with Crippen LogP contribution in [0.5, 0.6) is 0 Å². The van der Waals surface area contributed by atoms with Gasteiger partial charge in [0.1, 0.15) is 18.0 Å². The van der Waals surface area contributed by atoms with Crippen molar-refractivity contribution in [3.63, 3.8) is 0 Å². The molecule has 4 rings (SSSR count). The summed E-state index contributed by atoms with van der Waals surface area (Å²) in [4.78, 5) is 9.76. The van der Waals surface area contributed by atoms with Crippen LogP contribution in [0.25, 0.3) is 20.7 Å². The second-order valence-corrected chi connectivity index (χ2v) is 6.62. The van der Waals surface area contributed by atoms with Crippen LogP contribution in [0.4, 0.5) is 10.2 Å². The molecule has 0 amide bonds. The Labute approximate surface area is 137 Å². The zero-order chi connectivity index (χ0) is 15.6. The third kappa shape index (κ3) is 3.04. The SMILES string of the molecule is Fc1ccc(-c2cc3ncnc(NC[C@H]4CCCO4)c3s2)cc1. The van der Waals surface area contributed by atoms with Crippen molar-refractivity contribution in [3.8, 4) is 10.4 Å². The van der Waals surface area contributed by atoms with E-state index in [0.717, 1.165) is 52.5 Å². The van der Waals surface area contributed by atoms with Crippen LogP contribution in [0.2, 0.25) is 0 Å². The van der Waals surface area contributed by atoms with Crippen molar-refractivity contribution >= 4 is 27.4 Å². The minimum Gasteiger partial charge on any atom is -0.376 e. The number of hydrogen-bond acceptors (Lipinski definition) is 5. The number of nitrogens with zero attached hydrogens (tertiary/aromatic N) is 2. The third-order valence-corrected chi connectivity index (χ3v) is 5.14. The molecule has 1 aliphatic rings. The molecule has 1 fully saturated rings. The molecule has 3 heterocycles. The number of ether oxygens (including phenoxy) is 1. The standard InChI is InChI=1S/C17H16FN3OS/c18-12-5-3-11(4-6-12)15-8-14-16(23-15)17(21-10-20-14)19-9-13-2-1-7-22-13/h3-6,8,10,13H,1-2,7,9H2,(H,19,20,21)/t13-/m1/s1. The van der Waals surface area contributed by atoms with Gasteiger partial charge < -0.3 is 10.1 Å². The van der Waals surface area contributed by atoms with Crippen LogP contribution in [0.1, 0.15) is 12.8 Å². The van der Waals surface area contributed by atoms with Gasteiger partial charge >= 0.3 is 0 Å². The minimum absolute atomic E-state index is 0.228. The van der Waals surface area contributed by atoms with E-state index in [4.69, 9.17) is 4.74 Å². The molecule has 0 aliphatic carbocycles. The molecule has 1 saturated heterocycles. The molecule has 1 aromatic carbocycles. The Morgan fingerprint density at radius 3 is 2.91 bits per heavy atom. The lowest BCUT2D eigenvalue weighted by molar-refractivity contribution is 0.120. The number of nitrogens with one attached hydrogen (secondary N) is 1. The maximum absolute atomic E-state index is 13.1. The molecule has 1 atom stereocenters. The minimum atomic E-state index is -0.228. The highest BCUT2D eigenvalue weighted by molar-refractivity contribution is 7.22. The molecule has 0 spiro atoms. The molecule has 0 bridgehead atoms. The van der Waals surface area contributed by atoms with E-state index in [1.165, 1.54) is 12.1 Å². The molecule has 23 heavy (non-hydrogen) atoms. The normalized spacial score (nSPS) is 17.7. The summed E-state index contributed by atoms with van der Waals surface area (Å²) in [6.07, 6.45) is 4.05. The Morgan fingerprint density at radius 1 is 1.26 bits per heavy atom. The van der Waals surface area contributed by atoms with Crippen molar-refractivity contribution in [2.75, 3.05) is 18.5 Å². The van der Waals surface area contributed by atoms with Gasteiger partial charge in [-0.1, -0.05) is 12.1 Å². The highest BCUT2D eigenvalue weighted by Gasteiger charge is 2.16. The first kappa shape index (κ1) is 14.5. The van der Waals surface area contributed by atoms with Gasteiger partial charge in [0.2, 0.25) is 0 Å². The number of anilines is 1. The average Bonchev–Trinajstić information content (AvgIpc) is 3.23. The summed E-state index contributed by atoms with van der Waals surface area (Å²) in [7, 11) is 0. The van der Waals surface area contributed by atoms with Gasteiger partial charge in [-0.15, -0.1) is 11.3 Å². The summed E-state index contributed by atoms with van der Waals surface area (Å²) in [5.41, 5.74) is 1.89. The van der Waals surface area contributed by atoms with Crippen molar-refractivity contribution in [2.24, 2.45) is 0 Å². The van der Waals surface area contributed by atoms with Crippen LogP contribution in [0.15, 0.2) is 36.7 Å². The summed E-state index contributed by atoms with van der Waals surface area (Å²) in [6.45, 7) is 1.61. The summed E-state index contributed by atoms with van der Waals surface area (Å²) in [6, 6.07) is 8.54. The molecule has 0 radical (unpaired) electrons. The van der Waals surface area contributed by atoms with Gasteiger partial charge in [-0.05, 0) is 36.6 Å². The van der Waals surface area contributed by atoms with Crippen LogP contribution < -0.4 is 5.32 Å². The van der Waals surface area contributed by atoms with Crippen LogP contribution >= 0.6 is 11.3 Å². The number of aromatic nitrogens is 2. The van der Waals surface area contributed by atoms with Crippen LogP contribution in [-0.4, -0.2) is 29.2 Å². The van der Waals surface area contributed by atoms with Gasteiger partial charge in [0.15, 0.2) is 0 Å². The quantitative estimate of drug-likeness (QED) is 0.783. The zero-order valence-corrected chi connectivity index (χ0v) is 13.3. The smallest absolute Gasteiger partial charge is 0.147 e. The van der Waals surface area contributed by atoms with E-state index >= 15 is 0 Å². The Hall–Kier alpha value is -2.05. The number of benzene rings is 1. The summed E-state index contributed by atoms with van der Waals surface area (Å²) in [5, 5.41) is 3.38. The first-order valence-electron chi connectivity index (χ1n) is 7.65. The first-order valence-corrected chi connectivity index (χ1v) is 8.47. The molecule has 1 N–H and O–H groups in total. The van der Waals surface area contributed by atoms with Gasteiger partial charge in [0, 0.05) is 18.0 Å². The largest absolute Gasteiger partial charge is 0.376 e. The predicted molar refractivity (Wildman–Crippen MR) is 90.3 cm³/mol. The van der Waals surface area contributed by atoms with E-state index < -0.39 is 0 Å². The van der Waals surface area contributed by atoms with E-state index in [2.05, 4.69) is 15.3 Å². The topological polar surface area (TPSA) is 47.0 Å². The van der Waals surface area contributed by atoms with Gasteiger partial charge in [0.25, 0.3) is 0 Å². The second kappa shape index (κ2) is 6.22. The summed E-state index contributed by atoms with van der Waals surface area (Å²) in [5.74, 6) is 0.609. The van der Waals surface area contributed by atoms with E-state index in [9.17, 15) is 4.39 Å². The number of halogens is 1. The Balaban J connectivity index is 1.62. The van der Waals surface area contributed by atoms with E-state index in [0.29, 0.717) is 0 Å². The third-order valence-electron chi connectivity index (χ3n) is 3.96. The molecule has 0 unspecified atom stereocenters. The second-order valence-electron chi connectivity index (χ2n) is 5.57. The van der Waals surface area contributed by atoms with E-state index in [-0.39, 0.29) is 11.9 Å². The van der Waals surface area contributed by atoms with Crippen LogP contribution in [0, 0.1) is 5.82 Å². The molecular formula is C17H16FN3OS. The van der Waals surface area contributed by atoms with Crippen LogP contribution in [0.3, 0.4) is 0 Å². The lowest BCUT2D eigenvalue weighted by Gasteiger charge is -2.11. The van der Waals surface area contributed by atoms with Crippen molar-refractivity contribution in [2.45, 2.75) is 18.9 Å². The highest BCUT2D eigenvalue weighted by Crippen LogP contribution is 2.35. The number of rotatable bonds is 4. The first-order chi connectivity index (χ1) is 11.3. The fraction of sp³-hybridized carbons (Fsp3) is 0.294. The Morgan fingerprint density at radius 2 is 2.13 bits per heavy atom. The van der Waals surface area contributed by atoms with Gasteiger partial charge in [0.05, 0.1) is 16.3 Å². The summed E-state index contributed by atoms with van der Waals surface area (Å²) >= 11 is 1.61. The fourth-order valence-corrected chi connectivity index (χ4v) is 3.83. The maximum atomic E-state index is 13.1. The van der Waals surface area contributed by atoms with Gasteiger partial charge in [-0.3, -0.25) is 0 Å². The van der Waals surface area contributed by atoms with Crippen LogP contribution in [-0.2, 0) is 4.74 Å². The highest BCUT2D eigenvalue weighted by atomic mass is 32.1. The number of hydrogen-bond donors (Lipinski definition) is 1. The van der Waals surface area contributed by atoms with Crippen molar-refractivity contribution < 1.29 is 9.13 Å². The van der Waals surface area contributed by atoms with E-state index in [1.807, 2.05) is 6.07 Å². The molecular weight excluding hydrogens is 313 g/mol. The van der Waals surface area contributed by atoms with Gasteiger partial charge in [-0.2, -0.15) is 0 Å². The molecule has 6 heteroatoms. The lowest BCUT2D eigenvalue weighted by Crippen LogP contribution is -2.18. The van der Waals surface area contributed by atoms with Crippen molar-refractivity contribution in [1.29, 1.82) is 0 Å².